The number of aliphatic hydroxyl groups is 1. The topological polar surface area (TPSA) is 50.4 Å². The highest BCUT2D eigenvalue weighted by Crippen LogP contribution is 2.32. The molecule has 0 aromatic carbocycles. The van der Waals surface area contributed by atoms with Gasteiger partial charge in [0.15, 0.2) is 18.0 Å². The van der Waals surface area contributed by atoms with Gasteiger partial charge in [-0.1, -0.05) is 6.92 Å². The summed E-state index contributed by atoms with van der Waals surface area (Å²) >= 11 is 0. The number of aromatic nitrogens is 1. The van der Waals surface area contributed by atoms with Gasteiger partial charge in [0, 0.05) is 11.6 Å². The second-order valence-electron chi connectivity index (χ2n) is 3.84. The first-order valence-electron chi connectivity index (χ1n) is 4.96. The lowest BCUT2D eigenvalue weighted by molar-refractivity contribution is -0.672. The molecule has 0 spiro atoms. The lowest BCUT2D eigenvalue weighted by Crippen LogP contribution is -2.42. The summed E-state index contributed by atoms with van der Waals surface area (Å²) in [6.07, 6.45) is 4.01. The third kappa shape index (κ3) is 1.41. The summed E-state index contributed by atoms with van der Waals surface area (Å²) in [6, 6.07) is 1.78. The third-order valence-corrected chi connectivity index (χ3v) is 2.84. The van der Waals surface area contributed by atoms with Crippen LogP contribution in [0.25, 0.3) is 0 Å². The molecule has 0 amide bonds. The Morgan fingerprint density at radius 1 is 1.67 bits per heavy atom. The minimum absolute atomic E-state index is 0.241. The van der Waals surface area contributed by atoms with Crippen molar-refractivity contribution in [1.29, 1.82) is 0 Å². The molecule has 15 heavy (non-hydrogen) atoms. The van der Waals surface area contributed by atoms with Crippen molar-refractivity contribution in [2.24, 2.45) is 7.05 Å². The maximum Gasteiger partial charge on any atom is 0.343 e. The van der Waals surface area contributed by atoms with Crippen LogP contribution >= 0.6 is 0 Å². The number of pyridine rings is 1. The van der Waals surface area contributed by atoms with Gasteiger partial charge >= 0.3 is 5.97 Å². The van der Waals surface area contributed by atoms with Gasteiger partial charge in [0.2, 0.25) is 0 Å². The minimum Gasteiger partial charge on any atom is -0.458 e. The summed E-state index contributed by atoms with van der Waals surface area (Å²) < 4.78 is 6.83. The number of rotatable bonds is 1. The van der Waals surface area contributed by atoms with Gasteiger partial charge in [-0.25, -0.2) is 9.36 Å². The number of carbonyl (C=O) groups is 1. The number of cyclic esters (lactones) is 1. The Bertz CT molecular complexity index is 416. The van der Waals surface area contributed by atoms with E-state index in [1.165, 1.54) is 0 Å². The van der Waals surface area contributed by atoms with E-state index in [1.807, 2.05) is 24.0 Å². The zero-order valence-corrected chi connectivity index (χ0v) is 8.86. The van der Waals surface area contributed by atoms with Crippen LogP contribution in [0.1, 0.15) is 24.5 Å². The molecule has 0 saturated heterocycles. The molecule has 0 aliphatic carbocycles. The van der Waals surface area contributed by atoms with Gasteiger partial charge in [0.25, 0.3) is 0 Å². The van der Waals surface area contributed by atoms with Crippen LogP contribution in [0.3, 0.4) is 0 Å². The molecule has 4 nitrogen and oxygen atoms in total. The zero-order valence-electron chi connectivity index (χ0n) is 8.86. The van der Waals surface area contributed by atoms with Gasteiger partial charge in [0.05, 0.1) is 5.56 Å². The SMILES string of the molecule is CCC1(O)C(=O)OCc2c[n+](C)ccc21. The summed E-state index contributed by atoms with van der Waals surface area (Å²) in [4.78, 5) is 11.5. The molecule has 0 fully saturated rings. The van der Waals surface area contributed by atoms with Gasteiger partial charge in [-0.2, -0.15) is 0 Å². The van der Waals surface area contributed by atoms with E-state index in [0.717, 1.165) is 5.56 Å². The maximum absolute atomic E-state index is 11.5. The Morgan fingerprint density at radius 2 is 2.40 bits per heavy atom. The van der Waals surface area contributed by atoms with Crippen molar-refractivity contribution in [3.05, 3.63) is 29.6 Å². The van der Waals surface area contributed by atoms with Crippen LogP contribution < -0.4 is 4.57 Å². The Balaban J connectivity index is 2.58. The Morgan fingerprint density at radius 3 is 3.07 bits per heavy atom. The molecule has 1 unspecified atom stereocenters. The van der Waals surface area contributed by atoms with E-state index >= 15 is 0 Å². The standard InChI is InChI=1S/C11H14NO3/c1-3-11(14)9-4-5-12(2)6-8(9)7-15-10(11)13/h4-6,14H,3,7H2,1-2H3/q+1. The first kappa shape index (κ1) is 10.1. The number of hydrogen-bond donors (Lipinski definition) is 1. The summed E-state index contributed by atoms with van der Waals surface area (Å²) in [5.74, 6) is -0.550. The molecule has 2 heterocycles. The van der Waals surface area contributed by atoms with Crippen molar-refractivity contribution in [2.75, 3.05) is 0 Å². The van der Waals surface area contributed by atoms with E-state index in [0.29, 0.717) is 12.0 Å². The molecule has 1 aromatic heterocycles. The van der Waals surface area contributed by atoms with Crippen molar-refractivity contribution < 1.29 is 19.2 Å². The Labute approximate surface area is 88.1 Å². The van der Waals surface area contributed by atoms with Gasteiger partial charge in [-0.3, -0.25) is 0 Å². The first-order valence-corrected chi connectivity index (χ1v) is 4.96. The molecule has 1 aromatic rings. The molecule has 1 aliphatic heterocycles. The average molecular weight is 208 g/mol. The fourth-order valence-electron chi connectivity index (χ4n) is 1.88. The third-order valence-electron chi connectivity index (χ3n) is 2.84. The molecule has 0 radical (unpaired) electrons. The molecular weight excluding hydrogens is 194 g/mol. The summed E-state index contributed by atoms with van der Waals surface area (Å²) in [5.41, 5.74) is 0.0604. The highest BCUT2D eigenvalue weighted by atomic mass is 16.6. The number of ether oxygens (including phenoxy) is 1. The molecule has 0 saturated carbocycles. The predicted octanol–water partition coefficient (Wildman–Crippen LogP) is 0.165. The highest BCUT2D eigenvalue weighted by molar-refractivity contribution is 5.82. The van der Waals surface area contributed by atoms with Crippen molar-refractivity contribution in [3.63, 3.8) is 0 Å². The second-order valence-corrected chi connectivity index (χ2v) is 3.84. The zero-order chi connectivity index (χ0) is 11.1. The van der Waals surface area contributed by atoms with Crippen LogP contribution in [0, 0.1) is 0 Å². The minimum atomic E-state index is -1.47. The number of carbonyl (C=O) groups excluding carboxylic acids is 1. The number of aryl methyl sites for hydroxylation is 1. The predicted molar refractivity (Wildman–Crippen MR) is 51.6 cm³/mol. The summed E-state index contributed by atoms with van der Waals surface area (Å²) in [7, 11) is 1.89. The van der Waals surface area contributed by atoms with Gasteiger partial charge in [0.1, 0.15) is 13.7 Å². The van der Waals surface area contributed by atoms with E-state index < -0.39 is 11.6 Å². The number of esters is 1. The summed E-state index contributed by atoms with van der Waals surface area (Å²) in [6.45, 7) is 2.01. The molecule has 1 aliphatic rings. The monoisotopic (exact) mass is 208 g/mol. The number of fused-ring (bicyclic) bond motifs is 1. The number of nitrogens with zero attached hydrogens (tertiary/aromatic N) is 1. The van der Waals surface area contributed by atoms with E-state index in [-0.39, 0.29) is 6.61 Å². The molecule has 1 atom stereocenters. The smallest absolute Gasteiger partial charge is 0.343 e. The van der Waals surface area contributed by atoms with Gasteiger partial charge in [-0.05, 0) is 6.42 Å². The van der Waals surface area contributed by atoms with E-state index in [2.05, 4.69) is 0 Å². The fraction of sp³-hybridized carbons (Fsp3) is 0.455. The first-order chi connectivity index (χ1) is 7.08. The summed E-state index contributed by atoms with van der Waals surface area (Å²) in [5, 5.41) is 10.2. The van der Waals surface area contributed by atoms with Gasteiger partial charge < -0.3 is 9.84 Å². The van der Waals surface area contributed by atoms with Crippen LogP contribution in [-0.4, -0.2) is 11.1 Å². The lowest BCUT2D eigenvalue weighted by atomic mass is 9.87. The van der Waals surface area contributed by atoms with Crippen molar-refractivity contribution in [2.45, 2.75) is 25.6 Å². The van der Waals surface area contributed by atoms with Crippen molar-refractivity contribution >= 4 is 5.97 Å². The largest absolute Gasteiger partial charge is 0.458 e. The van der Waals surface area contributed by atoms with Crippen LogP contribution in [0.4, 0.5) is 0 Å². The van der Waals surface area contributed by atoms with E-state index in [1.54, 1.807) is 13.0 Å². The van der Waals surface area contributed by atoms with Crippen LogP contribution in [0.2, 0.25) is 0 Å². The Kier molecular flexibility index (Phi) is 2.23. The average Bonchev–Trinajstić information content (AvgIpc) is 2.23. The molecule has 1 N–H and O–H groups in total. The number of hydrogen-bond acceptors (Lipinski definition) is 3. The quantitative estimate of drug-likeness (QED) is 0.528. The van der Waals surface area contributed by atoms with Crippen LogP contribution in [-0.2, 0) is 28.8 Å². The molecule has 80 valence electrons. The van der Waals surface area contributed by atoms with E-state index in [9.17, 15) is 9.90 Å². The molecule has 2 rings (SSSR count). The Hall–Kier alpha value is -1.42. The molecule has 0 bridgehead atoms. The lowest BCUT2D eigenvalue weighted by Gasteiger charge is -2.30. The maximum atomic E-state index is 11.5. The fourth-order valence-corrected chi connectivity index (χ4v) is 1.88. The van der Waals surface area contributed by atoms with Crippen molar-refractivity contribution in [1.82, 2.24) is 0 Å². The molecular formula is C11H14NO3+. The van der Waals surface area contributed by atoms with Crippen molar-refractivity contribution in [3.8, 4) is 0 Å². The van der Waals surface area contributed by atoms with Crippen LogP contribution in [0.15, 0.2) is 18.5 Å². The second kappa shape index (κ2) is 3.31. The molecule has 4 heteroatoms. The van der Waals surface area contributed by atoms with E-state index in [4.69, 9.17) is 4.74 Å². The normalized spacial score (nSPS) is 24.6. The highest BCUT2D eigenvalue weighted by Gasteiger charge is 2.43. The van der Waals surface area contributed by atoms with Crippen LogP contribution in [0.5, 0.6) is 0 Å². The van der Waals surface area contributed by atoms with Gasteiger partial charge in [-0.15, -0.1) is 0 Å².